The van der Waals surface area contributed by atoms with Crippen LogP contribution in [0, 0.1) is 0 Å². The number of anilines is 1. The lowest BCUT2D eigenvalue weighted by molar-refractivity contribution is -0.129. The van der Waals surface area contributed by atoms with Crippen molar-refractivity contribution in [3.8, 4) is 10.6 Å². The van der Waals surface area contributed by atoms with E-state index in [-0.39, 0.29) is 12.5 Å². The highest BCUT2D eigenvalue weighted by atomic mass is 35.5. The number of likely N-dealkylation sites (tertiary alicyclic amines) is 1. The molecule has 0 spiro atoms. The topological polar surface area (TPSA) is 102 Å². The second-order valence-corrected chi connectivity index (χ2v) is 9.90. The van der Waals surface area contributed by atoms with E-state index in [1.165, 1.54) is 11.3 Å². The molecule has 3 aromatic rings. The summed E-state index contributed by atoms with van der Waals surface area (Å²) in [6, 6.07) is 13.1. The number of hydrogen-bond donors (Lipinski definition) is 1. The second kappa shape index (κ2) is 8.90. The summed E-state index contributed by atoms with van der Waals surface area (Å²) in [5, 5.41) is 4.21. The zero-order chi connectivity index (χ0) is 23.0. The number of benzene rings is 1. The van der Waals surface area contributed by atoms with Crippen LogP contribution in [0.3, 0.4) is 0 Å². The first kappa shape index (κ1) is 22.1. The van der Waals surface area contributed by atoms with Gasteiger partial charge in [0.2, 0.25) is 5.91 Å². The van der Waals surface area contributed by atoms with Crippen molar-refractivity contribution in [1.29, 1.82) is 0 Å². The van der Waals surface area contributed by atoms with Gasteiger partial charge in [-0.2, -0.15) is 0 Å². The summed E-state index contributed by atoms with van der Waals surface area (Å²) in [5.41, 5.74) is 7.36. The maximum Gasteiger partial charge on any atom is 0.253 e. The Balaban J connectivity index is 1.40. The number of hydrogen-bond acceptors (Lipinski definition) is 7. The molecule has 10 heteroatoms. The molecule has 4 heterocycles. The smallest absolute Gasteiger partial charge is 0.253 e. The van der Waals surface area contributed by atoms with Gasteiger partial charge in [0.25, 0.3) is 5.91 Å². The van der Waals surface area contributed by atoms with E-state index in [0.717, 1.165) is 28.2 Å². The average Bonchev–Trinajstić information content (AvgIpc) is 3.55. The molecular formula is C23H23ClN4O4S. The monoisotopic (exact) mass is 486 g/mol. The molecule has 0 radical (unpaired) electrons. The maximum absolute atomic E-state index is 12.8. The van der Waals surface area contributed by atoms with E-state index in [2.05, 4.69) is 10.1 Å². The number of aromatic nitrogens is 1. The van der Waals surface area contributed by atoms with Crippen LogP contribution < -0.4 is 10.6 Å². The molecule has 2 fully saturated rings. The Labute approximate surface area is 199 Å². The van der Waals surface area contributed by atoms with Gasteiger partial charge in [0.05, 0.1) is 21.5 Å². The van der Waals surface area contributed by atoms with Gasteiger partial charge in [0, 0.05) is 31.4 Å². The number of ether oxygens (including phenoxy) is 1. The third-order valence-electron chi connectivity index (χ3n) is 6.28. The average molecular weight is 487 g/mol. The summed E-state index contributed by atoms with van der Waals surface area (Å²) in [4.78, 5) is 29.7. The van der Waals surface area contributed by atoms with Gasteiger partial charge in [-0.15, -0.1) is 11.3 Å². The van der Waals surface area contributed by atoms with E-state index in [9.17, 15) is 9.59 Å². The van der Waals surface area contributed by atoms with Crippen LogP contribution in [-0.2, 0) is 26.4 Å². The third kappa shape index (κ3) is 4.06. The fourth-order valence-corrected chi connectivity index (χ4v) is 5.68. The van der Waals surface area contributed by atoms with Crippen LogP contribution in [0.1, 0.15) is 24.1 Å². The number of amides is 2. The predicted octanol–water partition coefficient (Wildman–Crippen LogP) is 3.40. The quantitative estimate of drug-likeness (QED) is 0.573. The molecule has 0 bridgehead atoms. The Morgan fingerprint density at radius 1 is 1.21 bits per heavy atom. The molecule has 2 aliphatic heterocycles. The molecule has 0 saturated carbocycles. The van der Waals surface area contributed by atoms with Crippen molar-refractivity contribution < 1.29 is 18.8 Å². The third-order valence-corrected chi connectivity index (χ3v) is 7.53. The van der Waals surface area contributed by atoms with Crippen LogP contribution in [0.5, 0.6) is 0 Å². The van der Waals surface area contributed by atoms with Crippen LogP contribution in [0.15, 0.2) is 47.0 Å². The summed E-state index contributed by atoms with van der Waals surface area (Å²) in [5.74, 6) is 0.171. The number of rotatable bonds is 6. The predicted molar refractivity (Wildman–Crippen MR) is 125 cm³/mol. The minimum Gasteiger partial charge on any atom is -0.370 e. The lowest BCUT2D eigenvalue weighted by atomic mass is 9.86. The lowest BCUT2D eigenvalue weighted by Gasteiger charge is -2.36. The van der Waals surface area contributed by atoms with Gasteiger partial charge in [0.1, 0.15) is 12.1 Å². The minimum atomic E-state index is -0.946. The van der Waals surface area contributed by atoms with E-state index in [0.29, 0.717) is 42.8 Å². The highest BCUT2D eigenvalue weighted by Crippen LogP contribution is 2.41. The van der Waals surface area contributed by atoms with Crippen molar-refractivity contribution in [2.24, 2.45) is 5.73 Å². The summed E-state index contributed by atoms with van der Waals surface area (Å²) < 4.78 is 11.4. The minimum absolute atomic E-state index is 0.0741. The summed E-state index contributed by atoms with van der Waals surface area (Å²) in [6.07, 6.45) is 1.45. The first-order valence-electron chi connectivity index (χ1n) is 10.7. The van der Waals surface area contributed by atoms with E-state index in [1.54, 1.807) is 4.90 Å². The number of nitrogens with two attached hydrogens (primary N) is 1. The summed E-state index contributed by atoms with van der Waals surface area (Å²) in [6.45, 7) is 2.23. The SMILES string of the molecule is NC(=O)C1(c2ccc(N3CCOCC3=O)cc2)CCCN1Cc1cc(-c2ccc(Cl)s2)on1. The molecule has 2 saturated heterocycles. The number of carbonyl (C=O) groups excluding carboxylic acids is 2. The molecule has 2 aromatic heterocycles. The maximum atomic E-state index is 12.8. The number of halogens is 1. The number of morpholine rings is 1. The van der Waals surface area contributed by atoms with Crippen LogP contribution in [0.25, 0.3) is 10.6 Å². The van der Waals surface area contributed by atoms with Gasteiger partial charge in [-0.1, -0.05) is 28.9 Å². The summed E-state index contributed by atoms with van der Waals surface area (Å²) in [7, 11) is 0. The molecule has 2 amide bonds. The molecule has 2 aliphatic rings. The number of carbonyl (C=O) groups is 2. The van der Waals surface area contributed by atoms with Crippen molar-refractivity contribution in [3.63, 3.8) is 0 Å². The Hall–Kier alpha value is -2.72. The van der Waals surface area contributed by atoms with Crippen molar-refractivity contribution in [3.05, 3.63) is 58.1 Å². The second-order valence-electron chi connectivity index (χ2n) is 8.18. The van der Waals surface area contributed by atoms with Gasteiger partial charge >= 0.3 is 0 Å². The van der Waals surface area contributed by atoms with Gasteiger partial charge in [0.15, 0.2) is 5.76 Å². The van der Waals surface area contributed by atoms with Crippen molar-refractivity contribution >= 4 is 40.4 Å². The fourth-order valence-electron chi connectivity index (χ4n) is 4.69. The first-order chi connectivity index (χ1) is 16.0. The molecule has 1 atom stereocenters. The first-order valence-corrected chi connectivity index (χ1v) is 11.9. The van der Waals surface area contributed by atoms with Crippen LogP contribution in [0.2, 0.25) is 4.34 Å². The fraction of sp³-hybridized carbons (Fsp3) is 0.348. The highest BCUT2D eigenvalue weighted by Gasteiger charge is 2.47. The van der Waals surface area contributed by atoms with Crippen molar-refractivity contribution in [2.75, 3.05) is 31.2 Å². The lowest BCUT2D eigenvalue weighted by Crippen LogP contribution is -2.51. The number of nitrogens with zero attached hydrogens (tertiary/aromatic N) is 3. The van der Waals surface area contributed by atoms with Gasteiger partial charge in [-0.3, -0.25) is 14.5 Å². The molecule has 8 nitrogen and oxygen atoms in total. The largest absolute Gasteiger partial charge is 0.370 e. The summed E-state index contributed by atoms with van der Waals surface area (Å²) >= 11 is 7.45. The van der Waals surface area contributed by atoms with Crippen LogP contribution in [-0.4, -0.2) is 48.2 Å². The Kier molecular flexibility index (Phi) is 5.96. The Morgan fingerprint density at radius 2 is 2.03 bits per heavy atom. The highest BCUT2D eigenvalue weighted by molar-refractivity contribution is 7.19. The molecule has 1 aromatic carbocycles. The number of thiophene rings is 1. The Morgan fingerprint density at radius 3 is 2.73 bits per heavy atom. The van der Waals surface area contributed by atoms with Crippen molar-refractivity contribution in [1.82, 2.24) is 10.1 Å². The van der Waals surface area contributed by atoms with Gasteiger partial charge in [-0.05, 0) is 42.7 Å². The standard InChI is InChI=1S/C23H23ClN4O4S/c24-20-7-6-19(33-20)18-12-16(26-32-18)13-27-9-1-8-23(27,22(25)30)15-2-4-17(5-3-15)28-10-11-31-14-21(28)29/h2-7,12H,1,8-11,13-14H2,(H2,25,30). The van der Waals surface area contributed by atoms with Crippen LogP contribution >= 0.6 is 22.9 Å². The molecule has 172 valence electrons. The molecule has 33 heavy (non-hydrogen) atoms. The zero-order valence-electron chi connectivity index (χ0n) is 17.8. The van der Waals surface area contributed by atoms with Gasteiger partial charge in [-0.25, -0.2) is 0 Å². The van der Waals surface area contributed by atoms with Gasteiger partial charge < -0.3 is 19.9 Å². The number of primary amides is 1. The zero-order valence-corrected chi connectivity index (χ0v) is 19.4. The molecule has 1 unspecified atom stereocenters. The molecule has 5 rings (SSSR count). The normalized spacial score (nSPS) is 21.6. The van der Waals surface area contributed by atoms with Crippen LogP contribution in [0.4, 0.5) is 5.69 Å². The van der Waals surface area contributed by atoms with E-state index < -0.39 is 11.4 Å². The van der Waals surface area contributed by atoms with Crippen molar-refractivity contribution in [2.45, 2.75) is 24.9 Å². The molecule has 0 aliphatic carbocycles. The van der Waals surface area contributed by atoms with E-state index in [4.69, 9.17) is 26.6 Å². The molecular weight excluding hydrogens is 464 g/mol. The molecule has 2 N–H and O–H groups in total. The van der Waals surface area contributed by atoms with E-state index >= 15 is 0 Å². The Bertz CT molecular complexity index is 1180. The van der Waals surface area contributed by atoms with E-state index in [1.807, 2.05) is 42.5 Å².